The minimum atomic E-state index is 0.0127. The van der Waals surface area contributed by atoms with Gasteiger partial charge in [-0.3, -0.25) is 4.90 Å². The van der Waals surface area contributed by atoms with Crippen LogP contribution in [0.3, 0.4) is 0 Å². The van der Waals surface area contributed by atoms with Crippen LogP contribution in [0.25, 0.3) is 0 Å². The molecule has 2 heterocycles. The summed E-state index contributed by atoms with van der Waals surface area (Å²) < 4.78 is 5.22. The second-order valence-corrected chi connectivity index (χ2v) is 5.10. The van der Waals surface area contributed by atoms with E-state index in [2.05, 4.69) is 11.8 Å². The van der Waals surface area contributed by atoms with Crippen molar-refractivity contribution < 1.29 is 9.53 Å². The average Bonchev–Trinajstić information content (AvgIpc) is 2.19. The Labute approximate surface area is 90.8 Å². The molecule has 4 nitrogen and oxygen atoms in total. The SMILES string of the molecule is CC1(C(C=O)N2CCC(N)CC2)COC1. The summed E-state index contributed by atoms with van der Waals surface area (Å²) in [6.07, 6.45) is 3.09. The number of piperidine rings is 1. The Morgan fingerprint density at radius 2 is 2.07 bits per heavy atom. The molecule has 0 aromatic heterocycles. The monoisotopic (exact) mass is 212 g/mol. The molecule has 1 unspecified atom stereocenters. The largest absolute Gasteiger partial charge is 0.380 e. The highest BCUT2D eigenvalue weighted by Gasteiger charge is 2.44. The number of carbonyl (C=O) groups is 1. The molecule has 2 fully saturated rings. The summed E-state index contributed by atoms with van der Waals surface area (Å²) in [5.41, 5.74) is 5.89. The summed E-state index contributed by atoms with van der Waals surface area (Å²) in [6.45, 7) is 5.43. The summed E-state index contributed by atoms with van der Waals surface area (Å²) in [5, 5.41) is 0. The Morgan fingerprint density at radius 1 is 1.47 bits per heavy atom. The summed E-state index contributed by atoms with van der Waals surface area (Å²) in [7, 11) is 0. The smallest absolute Gasteiger partial charge is 0.137 e. The van der Waals surface area contributed by atoms with Crippen molar-refractivity contribution in [2.45, 2.75) is 31.8 Å². The Balaban J connectivity index is 1.97. The van der Waals surface area contributed by atoms with Crippen LogP contribution in [0.15, 0.2) is 0 Å². The highest BCUT2D eigenvalue weighted by molar-refractivity contribution is 5.59. The van der Waals surface area contributed by atoms with E-state index in [-0.39, 0.29) is 11.5 Å². The molecule has 2 aliphatic heterocycles. The van der Waals surface area contributed by atoms with Gasteiger partial charge in [0.05, 0.1) is 19.3 Å². The quantitative estimate of drug-likeness (QED) is 0.670. The maximum atomic E-state index is 11.2. The van der Waals surface area contributed by atoms with Gasteiger partial charge < -0.3 is 15.3 Å². The molecule has 0 amide bonds. The van der Waals surface area contributed by atoms with Crippen LogP contribution in [-0.4, -0.2) is 49.6 Å². The van der Waals surface area contributed by atoms with E-state index in [0.717, 1.165) is 32.2 Å². The molecular weight excluding hydrogens is 192 g/mol. The normalized spacial score (nSPS) is 29.5. The first-order valence-corrected chi connectivity index (χ1v) is 5.68. The lowest BCUT2D eigenvalue weighted by atomic mass is 9.79. The number of hydrogen-bond donors (Lipinski definition) is 1. The molecule has 0 radical (unpaired) electrons. The number of nitrogens with zero attached hydrogens (tertiary/aromatic N) is 1. The van der Waals surface area contributed by atoms with Crippen molar-refractivity contribution >= 4 is 6.29 Å². The summed E-state index contributed by atoms with van der Waals surface area (Å²) >= 11 is 0. The van der Waals surface area contributed by atoms with Crippen molar-refractivity contribution in [2.24, 2.45) is 11.1 Å². The number of rotatable bonds is 3. The minimum absolute atomic E-state index is 0.0127. The molecule has 2 rings (SSSR count). The molecule has 2 saturated heterocycles. The average molecular weight is 212 g/mol. The van der Waals surface area contributed by atoms with Gasteiger partial charge in [0.15, 0.2) is 0 Å². The first-order valence-electron chi connectivity index (χ1n) is 5.68. The molecule has 4 heteroatoms. The molecule has 0 aromatic carbocycles. The zero-order valence-corrected chi connectivity index (χ0v) is 9.32. The van der Waals surface area contributed by atoms with Crippen molar-refractivity contribution in [3.8, 4) is 0 Å². The van der Waals surface area contributed by atoms with Gasteiger partial charge in [-0.25, -0.2) is 0 Å². The molecule has 86 valence electrons. The van der Waals surface area contributed by atoms with E-state index in [9.17, 15) is 4.79 Å². The van der Waals surface area contributed by atoms with Gasteiger partial charge in [-0.05, 0) is 12.8 Å². The predicted molar refractivity (Wildman–Crippen MR) is 57.6 cm³/mol. The maximum absolute atomic E-state index is 11.2. The fourth-order valence-electron chi connectivity index (χ4n) is 2.48. The molecule has 0 aliphatic carbocycles. The second-order valence-electron chi connectivity index (χ2n) is 5.10. The van der Waals surface area contributed by atoms with E-state index in [0.29, 0.717) is 19.3 Å². The lowest BCUT2D eigenvalue weighted by molar-refractivity contribution is -0.154. The van der Waals surface area contributed by atoms with Crippen molar-refractivity contribution in [2.75, 3.05) is 26.3 Å². The first kappa shape index (κ1) is 11.0. The summed E-state index contributed by atoms with van der Waals surface area (Å²) in [4.78, 5) is 13.5. The van der Waals surface area contributed by atoms with Crippen LogP contribution >= 0.6 is 0 Å². The van der Waals surface area contributed by atoms with Crippen LogP contribution in [0.4, 0.5) is 0 Å². The molecule has 0 saturated carbocycles. The maximum Gasteiger partial charge on any atom is 0.137 e. The van der Waals surface area contributed by atoms with Gasteiger partial charge in [0.1, 0.15) is 6.29 Å². The zero-order chi connectivity index (χ0) is 10.9. The van der Waals surface area contributed by atoms with Gasteiger partial charge in [-0.2, -0.15) is 0 Å². The van der Waals surface area contributed by atoms with E-state index in [1.54, 1.807) is 0 Å². The minimum Gasteiger partial charge on any atom is -0.380 e. The fraction of sp³-hybridized carbons (Fsp3) is 0.909. The molecule has 0 bridgehead atoms. The van der Waals surface area contributed by atoms with Crippen LogP contribution in [0.5, 0.6) is 0 Å². The topological polar surface area (TPSA) is 55.6 Å². The van der Waals surface area contributed by atoms with E-state index in [1.165, 1.54) is 0 Å². The highest BCUT2D eigenvalue weighted by Crippen LogP contribution is 2.33. The molecular formula is C11H20N2O2. The van der Waals surface area contributed by atoms with E-state index in [4.69, 9.17) is 10.5 Å². The van der Waals surface area contributed by atoms with Crippen LogP contribution in [0.1, 0.15) is 19.8 Å². The first-order chi connectivity index (χ1) is 7.15. The van der Waals surface area contributed by atoms with Crippen molar-refractivity contribution in [1.29, 1.82) is 0 Å². The second kappa shape index (κ2) is 4.20. The predicted octanol–water partition coefficient (Wildman–Crippen LogP) is 0.0135. The Hall–Kier alpha value is -0.450. The third-order valence-electron chi connectivity index (χ3n) is 3.67. The molecule has 1 atom stereocenters. The van der Waals surface area contributed by atoms with E-state index >= 15 is 0 Å². The Morgan fingerprint density at radius 3 is 2.47 bits per heavy atom. The number of likely N-dealkylation sites (tertiary alicyclic amines) is 1. The van der Waals surface area contributed by atoms with Crippen LogP contribution in [0, 0.1) is 5.41 Å². The van der Waals surface area contributed by atoms with Gasteiger partial charge in [-0.15, -0.1) is 0 Å². The van der Waals surface area contributed by atoms with E-state index in [1.807, 2.05) is 0 Å². The summed E-state index contributed by atoms with van der Waals surface area (Å²) in [5.74, 6) is 0. The molecule has 0 aromatic rings. The van der Waals surface area contributed by atoms with Crippen LogP contribution < -0.4 is 5.73 Å². The van der Waals surface area contributed by atoms with Crippen LogP contribution in [0.2, 0.25) is 0 Å². The number of aldehydes is 1. The van der Waals surface area contributed by atoms with Gasteiger partial charge in [0, 0.05) is 24.5 Å². The van der Waals surface area contributed by atoms with Crippen molar-refractivity contribution in [3.05, 3.63) is 0 Å². The lowest BCUT2D eigenvalue weighted by Crippen LogP contribution is -2.59. The van der Waals surface area contributed by atoms with E-state index < -0.39 is 0 Å². The molecule has 15 heavy (non-hydrogen) atoms. The van der Waals surface area contributed by atoms with Crippen molar-refractivity contribution in [1.82, 2.24) is 4.90 Å². The number of carbonyl (C=O) groups excluding carboxylic acids is 1. The van der Waals surface area contributed by atoms with Gasteiger partial charge >= 0.3 is 0 Å². The number of hydrogen-bond acceptors (Lipinski definition) is 4. The third kappa shape index (κ3) is 2.07. The third-order valence-corrected chi connectivity index (χ3v) is 3.67. The standard InChI is InChI=1S/C11H20N2O2/c1-11(7-15-8-11)10(6-14)13-4-2-9(12)3-5-13/h6,9-10H,2-5,7-8,12H2,1H3. The lowest BCUT2D eigenvalue weighted by Gasteiger charge is -2.48. The molecule has 2 N–H and O–H groups in total. The number of nitrogens with two attached hydrogens (primary N) is 1. The summed E-state index contributed by atoms with van der Waals surface area (Å²) in [6, 6.07) is 0.331. The van der Waals surface area contributed by atoms with Gasteiger partial charge in [0.2, 0.25) is 0 Å². The highest BCUT2D eigenvalue weighted by atomic mass is 16.5. The zero-order valence-electron chi connectivity index (χ0n) is 9.32. The Kier molecular flexibility index (Phi) is 3.09. The molecule has 0 spiro atoms. The van der Waals surface area contributed by atoms with Gasteiger partial charge in [-0.1, -0.05) is 6.92 Å². The molecule has 2 aliphatic rings. The fourth-order valence-corrected chi connectivity index (χ4v) is 2.48. The van der Waals surface area contributed by atoms with Gasteiger partial charge in [0.25, 0.3) is 0 Å². The van der Waals surface area contributed by atoms with Crippen LogP contribution in [-0.2, 0) is 9.53 Å². The Bertz CT molecular complexity index is 233. The van der Waals surface area contributed by atoms with Crippen molar-refractivity contribution in [3.63, 3.8) is 0 Å². The number of ether oxygens (including phenoxy) is 1.